The predicted octanol–water partition coefficient (Wildman–Crippen LogP) is 6.55. The summed E-state index contributed by atoms with van der Waals surface area (Å²) in [6.45, 7) is 0. The lowest BCUT2D eigenvalue weighted by Gasteiger charge is -2.07. The van der Waals surface area contributed by atoms with Gasteiger partial charge in [0, 0.05) is 28.2 Å². The number of aromatic nitrogens is 2. The van der Waals surface area contributed by atoms with Crippen LogP contribution in [0.25, 0.3) is 16.9 Å². The summed E-state index contributed by atoms with van der Waals surface area (Å²) in [5.41, 5.74) is 4.96. The van der Waals surface area contributed by atoms with Crippen LogP contribution < -0.4 is 0 Å². The lowest BCUT2D eigenvalue weighted by atomic mass is 10.0. The highest BCUT2D eigenvalue weighted by Gasteiger charge is 2.15. The number of halogens is 3. The zero-order valence-electron chi connectivity index (χ0n) is 13.1. The van der Waals surface area contributed by atoms with Crippen LogP contribution in [-0.4, -0.2) is 9.38 Å². The lowest BCUT2D eigenvalue weighted by molar-refractivity contribution is 1.03. The topological polar surface area (TPSA) is 17.3 Å². The Morgan fingerprint density at radius 3 is 2.32 bits per heavy atom. The molecule has 0 unspecified atom stereocenters. The van der Waals surface area contributed by atoms with E-state index >= 15 is 0 Å². The van der Waals surface area contributed by atoms with Gasteiger partial charge in [0.1, 0.15) is 5.65 Å². The summed E-state index contributed by atoms with van der Waals surface area (Å²) in [6.07, 6.45) is 2.59. The van der Waals surface area contributed by atoms with Crippen LogP contribution in [0.3, 0.4) is 0 Å². The van der Waals surface area contributed by atoms with Gasteiger partial charge < -0.3 is 4.40 Å². The van der Waals surface area contributed by atoms with E-state index in [2.05, 4.69) is 6.07 Å². The van der Waals surface area contributed by atoms with Crippen molar-refractivity contribution in [2.45, 2.75) is 6.42 Å². The van der Waals surface area contributed by atoms with Gasteiger partial charge in [0.05, 0.1) is 16.4 Å². The molecule has 0 spiro atoms. The molecule has 124 valence electrons. The van der Waals surface area contributed by atoms with E-state index in [1.807, 2.05) is 65.2 Å². The SMILES string of the molecule is Clc1ccc(-c2nc3ccc(Cl)cn3c2Cc2cccc(Cl)c2)cc1. The third-order valence-corrected chi connectivity index (χ3v) is 4.77. The van der Waals surface area contributed by atoms with Gasteiger partial charge in [-0.05, 0) is 42.0 Å². The Labute approximate surface area is 160 Å². The molecular formula is C20H13Cl3N2. The highest BCUT2D eigenvalue weighted by atomic mass is 35.5. The van der Waals surface area contributed by atoms with Crippen LogP contribution in [0.15, 0.2) is 66.9 Å². The van der Waals surface area contributed by atoms with Gasteiger partial charge in [-0.3, -0.25) is 0 Å². The summed E-state index contributed by atoms with van der Waals surface area (Å²) < 4.78 is 2.03. The standard InChI is InChI=1S/C20H13Cl3N2/c21-15-6-4-14(5-7-15)20-18(11-13-2-1-3-16(22)10-13)25-12-17(23)8-9-19(25)24-20/h1-10,12H,11H2. The quantitative estimate of drug-likeness (QED) is 0.389. The Bertz CT molecular complexity index is 1050. The van der Waals surface area contributed by atoms with Gasteiger partial charge in [0.15, 0.2) is 0 Å². The summed E-state index contributed by atoms with van der Waals surface area (Å²) in [5.74, 6) is 0. The fourth-order valence-electron chi connectivity index (χ4n) is 2.92. The van der Waals surface area contributed by atoms with E-state index in [0.717, 1.165) is 33.2 Å². The number of rotatable bonds is 3. The molecule has 0 N–H and O–H groups in total. The van der Waals surface area contributed by atoms with Crippen molar-refractivity contribution in [3.05, 3.63) is 93.2 Å². The number of hydrogen-bond donors (Lipinski definition) is 0. The number of fused-ring (bicyclic) bond motifs is 1. The van der Waals surface area contributed by atoms with Gasteiger partial charge in [-0.25, -0.2) is 4.98 Å². The minimum Gasteiger partial charge on any atom is -0.302 e. The maximum absolute atomic E-state index is 6.21. The van der Waals surface area contributed by atoms with E-state index in [9.17, 15) is 0 Å². The third-order valence-electron chi connectivity index (χ3n) is 4.06. The Morgan fingerprint density at radius 1 is 0.800 bits per heavy atom. The summed E-state index contributed by atoms with van der Waals surface area (Å²) in [7, 11) is 0. The van der Waals surface area contributed by atoms with E-state index in [1.165, 1.54) is 0 Å². The zero-order chi connectivity index (χ0) is 17.4. The molecular weight excluding hydrogens is 375 g/mol. The minimum absolute atomic E-state index is 0.667. The van der Waals surface area contributed by atoms with Gasteiger partial charge in [0.2, 0.25) is 0 Å². The summed E-state index contributed by atoms with van der Waals surface area (Å²) in [5, 5.41) is 2.09. The summed E-state index contributed by atoms with van der Waals surface area (Å²) in [6, 6.07) is 19.3. The molecule has 2 heterocycles. The largest absolute Gasteiger partial charge is 0.302 e. The first-order valence-corrected chi connectivity index (χ1v) is 8.90. The maximum atomic E-state index is 6.21. The van der Waals surface area contributed by atoms with Crippen LogP contribution >= 0.6 is 34.8 Å². The fraction of sp³-hybridized carbons (Fsp3) is 0.0500. The molecule has 2 aromatic heterocycles. The first-order valence-electron chi connectivity index (χ1n) is 7.77. The molecule has 0 aliphatic rings. The molecule has 4 rings (SSSR count). The molecule has 2 aromatic carbocycles. The van der Waals surface area contributed by atoms with Crippen molar-refractivity contribution in [2.75, 3.05) is 0 Å². The molecule has 0 saturated carbocycles. The monoisotopic (exact) mass is 386 g/mol. The number of benzene rings is 2. The van der Waals surface area contributed by atoms with Crippen molar-refractivity contribution in [3.8, 4) is 11.3 Å². The second-order valence-corrected chi connectivity index (χ2v) is 7.11. The van der Waals surface area contributed by atoms with Crippen LogP contribution in [0.2, 0.25) is 15.1 Å². The molecule has 0 radical (unpaired) electrons. The van der Waals surface area contributed by atoms with Crippen molar-refractivity contribution < 1.29 is 0 Å². The molecule has 0 atom stereocenters. The molecule has 4 aromatic rings. The maximum Gasteiger partial charge on any atom is 0.137 e. The Kier molecular flexibility index (Phi) is 4.43. The molecule has 0 bridgehead atoms. The summed E-state index contributed by atoms with van der Waals surface area (Å²) >= 11 is 18.4. The van der Waals surface area contributed by atoms with Crippen LogP contribution in [0.4, 0.5) is 0 Å². The average Bonchev–Trinajstić information content (AvgIpc) is 2.93. The number of imidazole rings is 1. The molecule has 2 nitrogen and oxygen atoms in total. The molecule has 0 fully saturated rings. The van der Waals surface area contributed by atoms with E-state index < -0.39 is 0 Å². The Balaban J connectivity index is 1.91. The number of nitrogens with zero attached hydrogens (tertiary/aromatic N) is 2. The molecule has 0 aliphatic carbocycles. The fourth-order valence-corrected chi connectivity index (χ4v) is 3.41. The van der Waals surface area contributed by atoms with Gasteiger partial charge in [-0.1, -0.05) is 59.1 Å². The second kappa shape index (κ2) is 6.72. The van der Waals surface area contributed by atoms with Crippen molar-refractivity contribution in [3.63, 3.8) is 0 Å². The van der Waals surface area contributed by atoms with Crippen LogP contribution in [0.5, 0.6) is 0 Å². The molecule has 5 heteroatoms. The van der Waals surface area contributed by atoms with Gasteiger partial charge in [0.25, 0.3) is 0 Å². The summed E-state index contributed by atoms with van der Waals surface area (Å²) in [4.78, 5) is 4.80. The number of pyridine rings is 1. The average molecular weight is 388 g/mol. The smallest absolute Gasteiger partial charge is 0.137 e. The number of hydrogen-bond acceptors (Lipinski definition) is 1. The predicted molar refractivity (Wildman–Crippen MR) is 105 cm³/mol. The molecule has 0 amide bonds. The lowest BCUT2D eigenvalue weighted by Crippen LogP contribution is -1.97. The van der Waals surface area contributed by atoms with Gasteiger partial charge >= 0.3 is 0 Å². The first kappa shape index (κ1) is 16.5. The van der Waals surface area contributed by atoms with E-state index in [1.54, 1.807) is 0 Å². The van der Waals surface area contributed by atoms with Gasteiger partial charge in [-0.2, -0.15) is 0 Å². The van der Waals surface area contributed by atoms with Crippen molar-refractivity contribution in [1.29, 1.82) is 0 Å². The minimum atomic E-state index is 0.667. The first-order chi connectivity index (χ1) is 12.1. The van der Waals surface area contributed by atoms with Gasteiger partial charge in [-0.15, -0.1) is 0 Å². The molecule has 0 saturated heterocycles. The van der Waals surface area contributed by atoms with E-state index in [0.29, 0.717) is 16.5 Å². The third kappa shape index (κ3) is 3.38. The van der Waals surface area contributed by atoms with E-state index in [-0.39, 0.29) is 0 Å². The zero-order valence-corrected chi connectivity index (χ0v) is 15.4. The van der Waals surface area contributed by atoms with E-state index in [4.69, 9.17) is 39.8 Å². The van der Waals surface area contributed by atoms with Crippen LogP contribution in [0, 0.1) is 0 Å². The van der Waals surface area contributed by atoms with Crippen LogP contribution in [-0.2, 0) is 6.42 Å². The normalized spacial score (nSPS) is 11.2. The Morgan fingerprint density at radius 2 is 1.56 bits per heavy atom. The second-order valence-electron chi connectivity index (χ2n) is 5.80. The molecule has 0 aliphatic heterocycles. The highest BCUT2D eigenvalue weighted by molar-refractivity contribution is 6.31. The molecule has 25 heavy (non-hydrogen) atoms. The highest BCUT2D eigenvalue weighted by Crippen LogP contribution is 2.29. The van der Waals surface area contributed by atoms with Crippen molar-refractivity contribution in [1.82, 2.24) is 9.38 Å². The Hall–Kier alpha value is -2.00. The van der Waals surface area contributed by atoms with Crippen LogP contribution in [0.1, 0.15) is 11.3 Å². The van der Waals surface area contributed by atoms with Crippen molar-refractivity contribution >= 4 is 40.4 Å². The van der Waals surface area contributed by atoms with Crippen molar-refractivity contribution in [2.24, 2.45) is 0 Å².